The molecule has 0 saturated heterocycles. The lowest BCUT2D eigenvalue weighted by molar-refractivity contribution is -0.139. The van der Waals surface area contributed by atoms with Crippen molar-refractivity contribution < 1.29 is 19.4 Å². The van der Waals surface area contributed by atoms with Crippen LogP contribution < -0.4 is 5.32 Å². The van der Waals surface area contributed by atoms with E-state index in [1.807, 2.05) is 20.8 Å². The molecule has 2 fully saturated rings. The van der Waals surface area contributed by atoms with Crippen LogP contribution in [0.1, 0.15) is 59.3 Å². The van der Waals surface area contributed by atoms with Crippen LogP contribution in [0.3, 0.4) is 0 Å². The van der Waals surface area contributed by atoms with Crippen molar-refractivity contribution in [3.8, 4) is 0 Å². The lowest BCUT2D eigenvalue weighted by Crippen LogP contribution is -2.55. The molecule has 2 aliphatic carbocycles. The van der Waals surface area contributed by atoms with E-state index in [1.165, 1.54) is 0 Å². The van der Waals surface area contributed by atoms with E-state index in [0.29, 0.717) is 6.04 Å². The predicted molar refractivity (Wildman–Crippen MR) is 82.8 cm³/mol. The maximum atomic E-state index is 12.0. The molecule has 0 radical (unpaired) electrons. The van der Waals surface area contributed by atoms with Crippen LogP contribution in [0, 0.1) is 0 Å². The number of carboxylic acids is 1. The van der Waals surface area contributed by atoms with Gasteiger partial charge in [-0.1, -0.05) is 12.8 Å². The highest BCUT2D eigenvalue weighted by molar-refractivity contribution is 5.69. The van der Waals surface area contributed by atoms with E-state index < -0.39 is 17.7 Å². The molecule has 0 heterocycles. The van der Waals surface area contributed by atoms with E-state index in [2.05, 4.69) is 10.2 Å². The van der Waals surface area contributed by atoms with Crippen LogP contribution in [0.15, 0.2) is 0 Å². The van der Waals surface area contributed by atoms with Crippen LogP contribution in [0.5, 0.6) is 0 Å². The van der Waals surface area contributed by atoms with Crippen molar-refractivity contribution in [1.82, 2.24) is 10.2 Å². The summed E-state index contributed by atoms with van der Waals surface area (Å²) in [5.41, 5.74) is -0.522. The molecular weight excluding hydrogens is 284 g/mol. The quantitative estimate of drug-likeness (QED) is 0.815. The standard InChI is InChI=1S/C16H28N2O4/c1-16(2,3)22-15(21)17-12-6-4-5-7-13(12)18(10-14(19)20)11-8-9-11/h11-13H,4-10H2,1-3H3,(H,17,21)(H,19,20)/t12-,13-/m0/s1. The number of carbonyl (C=O) groups is 2. The Morgan fingerprint density at radius 2 is 1.82 bits per heavy atom. The van der Waals surface area contributed by atoms with Gasteiger partial charge in [0.1, 0.15) is 5.60 Å². The first-order valence-electron chi connectivity index (χ1n) is 8.23. The summed E-state index contributed by atoms with van der Waals surface area (Å²) in [4.78, 5) is 25.3. The average molecular weight is 312 g/mol. The van der Waals surface area contributed by atoms with Gasteiger partial charge in [0.2, 0.25) is 0 Å². The van der Waals surface area contributed by atoms with E-state index in [0.717, 1.165) is 38.5 Å². The van der Waals surface area contributed by atoms with Gasteiger partial charge in [0.15, 0.2) is 0 Å². The number of rotatable bonds is 5. The fraction of sp³-hybridized carbons (Fsp3) is 0.875. The second kappa shape index (κ2) is 6.86. The minimum absolute atomic E-state index is 0.0245. The summed E-state index contributed by atoms with van der Waals surface area (Å²) >= 11 is 0. The number of aliphatic carboxylic acids is 1. The molecule has 2 rings (SSSR count). The second-order valence-corrected chi connectivity index (χ2v) is 7.40. The van der Waals surface area contributed by atoms with Gasteiger partial charge >= 0.3 is 12.1 Å². The van der Waals surface area contributed by atoms with E-state index in [1.54, 1.807) is 0 Å². The molecule has 2 saturated carbocycles. The molecule has 0 spiro atoms. The largest absolute Gasteiger partial charge is 0.480 e. The second-order valence-electron chi connectivity index (χ2n) is 7.40. The number of carbonyl (C=O) groups excluding carboxylic acids is 1. The minimum atomic E-state index is -0.798. The average Bonchev–Trinajstić information content (AvgIpc) is 3.18. The van der Waals surface area contributed by atoms with E-state index in [9.17, 15) is 9.59 Å². The zero-order valence-electron chi connectivity index (χ0n) is 13.8. The lowest BCUT2D eigenvalue weighted by atomic mass is 9.89. The maximum absolute atomic E-state index is 12.0. The Balaban J connectivity index is 2.00. The summed E-state index contributed by atoms with van der Waals surface area (Å²) < 4.78 is 5.34. The Morgan fingerprint density at radius 3 is 2.36 bits per heavy atom. The summed E-state index contributed by atoms with van der Waals surface area (Å²) in [7, 11) is 0. The molecule has 126 valence electrons. The van der Waals surface area contributed by atoms with Crippen molar-refractivity contribution in [2.75, 3.05) is 6.54 Å². The third-order valence-corrected chi connectivity index (χ3v) is 4.19. The maximum Gasteiger partial charge on any atom is 0.407 e. The number of ether oxygens (including phenoxy) is 1. The van der Waals surface area contributed by atoms with Gasteiger partial charge in [-0.3, -0.25) is 9.69 Å². The summed E-state index contributed by atoms with van der Waals surface area (Å²) in [6.07, 6.45) is 5.67. The Labute approximate surface area is 132 Å². The van der Waals surface area contributed by atoms with Crippen molar-refractivity contribution >= 4 is 12.1 Å². The van der Waals surface area contributed by atoms with Crippen LogP contribution in [-0.4, -0.2) is 52.3 Å². The molecule has 2 N–H and O–H groups in total. The van der Waals surface area contributed by atoms with Crippen molar-refractivity contribution in [3.63, 3.8) is 0 Å². The molecule has 0 bridgehead atoms. The van der Waals surface area contributed by atoms with Crippen LogP contribution in [-0.2, 0) is 9.53 Å². The van der Waals surface area contributed by atoms with E-state index in [-0.39, 0.29) is 18.6 Å². The van der Waals surface area contributed by atoms with Crippen LogP contribution in [0.25, 0.3) is 0 Å². The number of nitrogens with one attached hydrogen (secondary N) is 1. The Bertz CT molecular complexity index is 415. The van der Waals surface area contributed by atoms with Gasteiger partial charge in [0, 0.05) is 18.1 Å². The summed E-state index contributed by atoms with van der Waals surface area (Å²) in [6, 6.07) is 0.440. The van der Waals surface area contributed by atoms with Gasteiger partial charge in [0.25, 0.3) is 0 Å². The number of nitrogens with zero attached hydrogens (tertiary/aromatic N) is 1. The molecular formula is C16H28N2O4. The first kappa shape index (κ1) is 17.1. The molecule has 2 aliphatic rings. The van der Waals surface area contributed by atoms with Crippen molar-refractivity contribution in [2.45, 2.75) is 83.0 Å². The normalized spacial score (nSPS) is 25.8. The smallest absolute Gasteiger partial charge is 0.407 e. The SMILES string of the molecule is CC(C)(C)OC(=O)N[C@H]1CCCC[C@@H]1N(CC(=O)O)C1CC1. The molecule has 0 aromatic carbocycles. The van der Waals surface area contributed by atoms with Gasteiger partial charge in [-0.15, -0.1) is 0 Å². The highest BCUT2D eigenvalue weighted by Gasteiger charge is 2.40. The van der Waals surface area contributed by atoms with Gasteiger partial charge < -0.3 is 15.2 Å². The summed E-state index contributed by atoms with van der Waals surface area (Å²) in [5.74, 6) is -0.798. The minimum Gasteiger partial charge on any atom is -0.480 e. The fourth-order valence-electron chi connectivity index (χ4n) is 3.22. The highest BCUT2D eigenvalue weighted by atomic mass is 16.6. The molecule has 0 aromatic rings. The zero-order chi connectivity index (χ0) is 16.3. The van der Waals surface area contributed by atoms with Crippen molar-refractivity contribution in [1.29, 1.82) is 0 Å². The predicted octanol–water partition coefficient (Wildman–Crippen LogP) is 2.37. The van der Waals surface area contributed by atoms with Crippen molar-refractivity contribution in [2.24, 2.45) is 0 Å². The van der Waals surface area contributed by atoms with E-state index >= 15 is 0 Å². The Morgan fingerprint density at radius 1 is 1.18 bits per heavy atom. The van der Waals surface area contributed by atoms with Crippen LogP contribution in [0.4, 0.5) is 4.79 Å². The van der Waals surface area contributed by atoms with Gasteiger partial charge in [-0.2, -0.15) is 0 Å². The van der Waals surface area contributed by atoms with Gasteiger partial charge in [-0.25, -0.2) is 4.79 Å². The molecule has 0 unspecified atom stereocenters. The van der Waals surface area contributed by atoms with Gasteiger partial charge in [-0.05, 0) is 46.5 Å². The van der Waals surface area contributed by atoms with Crippen LogP contribution >= 0.6 is 0 Å². The lowest BCUT2D eigenvalue weighted by Gasteiger charge is -2.40. The third kappa shape index (κ3) is 5.16. The molecule has 22 heavy (non-hydrogen) atoms. The zero-order valence-corrected chi connectivity index (χ0v) is 13.8. The third-order valence-electron chi connectivity index (χ3n) is 4.19. The number of amides is 1. The molecule has 1 amide bonds. The first-order chi connectivity index (χ1) is 10.3. The topological polar surface area (TPSA) is 78.9 Å². The number of alkyl carbamates (subject to hydrolysis) is 1. The number of hydrogen-bond acceptors (Lipinski definition) is 4. The first-order valence-corrected chi connectivity index (χ1v) is 8.23. The molecule has 6 heteroatoms. The van der Waals surface area contributed by atoms with Crippen LogP contribution in [0.2, 0.25) is 0 Å². The molecule has 0 aromatic heterocycles. The highest BCUT2D eigenvalue weighted by Crippen LogP contribution is 2.33. The van der Waals surface area contributed by atoms with Gasteiger partial charge in [0.05, 0.1) is 6.54 Å². The number of hydrogen-bond donors (Lipinski definition) is 2. The Hall–Kier alpha value is -1.30. The van der Waals surface area contributed by atoms with Crippen molar-refractivity contribution in [3.05, 3.63) is 0 Å². The monoisotopic (exact) mass is 312 g/mol. The molecule has 2 atom stereocenters. The molecule has 0 aliphatic heterocycles. The fourth-order valence-corrected chi connectivity index (χ4v) is 3.22. The molecule has 6 nitrogen and oxygen atoms in total. The summed E-state index contributed by atoms with van der Waals surface area (Å²) in [5, 5.41) is 12.1. The Kier molecular flexibility index (Phi) is 5.32. The summed E-state index contributed by atoms with van der Waals surface area (Å²) in [6.45, 7) is 5.57. The van der Waals surface area contributed by atoms with E-state index in [4.69, 9.17) is 9.84 Å². The number of carboxylic acid groups (broad SMARTS) is 1.